The Hall–Kier alpha value is -0.370. The Balaban J connectivity index is 1.75. The molecule has 1 rings (SSSR count). The van der Waals surface area contributed by atoms with Crippen molar-refractivity contribution < 1.29 is 9.53 Å². The van der Waals surface area contributed by atoms with Gasteiger partial charge in [-0.2, -0.15) is 0 Å². The van der Waals surface area contributed by atoms with Gasteiger partial charge in [0.05, 0.1) is 6.10 Å². The molecule has 1 aliphatic heterocycles. The molecule has 0 N–H and O–H groups in total. The maximum atomic E-state index is 10.3. The number of unbranched alkanes of at least 4 members (excludes halogenated alkanes) is 6. The standard InChI is InChI=1S/C12H22O2/c1-2-3-4-5-6-7-8-9-11-12(10-13)14-11/h10-12H,2-9H2,1H3/t11-,12-/m1/s1. The molecule has 82 valence electrons. The smallest absolute Gasteiger partial charge is 0.151 e. The highest BCUT2D eigenvalue weighted by Crippen LogP contribution is 2.25. The van der Waals surface area contributed by atoms with E-state index in [1.54, 1.807) is 0 Å². The molecule has 1 heterocycles. The van der Waals surface area contributed by atoms with Gasteiger partial charge in [-0.15, -0.1) is 0 Å². The third kappa shape index (κ3) is 4.75. The molecule has 2 atom stereocenters. The van der Waals surface area contributed by atoms with Crippen LogP contribution in [0.25, 0.3) is 0 Å². The van der Waals surface area contributed by atoms with E-state index >= 15 is 0 Å². The minimum atomic E-state index is -0.0601. The molecule has 2 nitrogen and oxygen atoms in total. The Labute approximate surface area is 87.0 Å². The van der Waals surface area contributed by atoms with Gasteiger partial charge < -0.3 is 9.53 Å². The zero-order chi connectivity index (χ0) is 10.2. The van der Waals surface area contributed by atoms with Gasteiger partial charge in [-0.1, -0.05) is 51.9 Å². The van der Waals surface area contributed by atoms with Gasteiger partial charge in [-0.3, -0.25) is 0 Å². The topological polar surface area (TPSA) is 29.6 Å². The lowest BCUT2D eigenvalue weighted by atomic mass is 10.1. The van der Waals surface area contributed by atoms with Gasteiger partial charge in [0, 0.05) is 0 Å². The molecule has 1 saturated heterocycles. The average molecular weight is 198 g/mol. The van der Waals surface area contributed by atoms with E-state index in [1.807, 2.05) is 0 Å². The van der Waals surface area contributed by atoms with Crippen molar-refractivity contribution in [2.45, 2.75) is 70.5 Å². The summed E-state index contributed by atoms with van der Waals surface area (Å²) >= 11 is 0. The highest BCUT2D eigenvalue weighted by Gasteiger charge is 2.37. The molecule has 0 unspecified atom stereocenters. The average Bonchev–Trinajstić information content (AvgIpc) is 2.95. The zero-order valence-electron chi connectivity index (χ0n) is 9.21. The molecule has 0 radical (unpaired) electrons. The molecule has 0 spiro atoms. The number of ether oxygens (including phenoxy) is 1. The molecule has 0 bridgehead atoms. The molecule has 2 heteroatoms. The normalized spacial score (nSPS) is 24.9. The molecule has 0 aromatic carbocycles. The van der Waals surface area contributed by atoms with E-state index in [0.29, 0.717) is 0 Å². The van der Waals surface area contributed by atoms with Crippen molar-refractivity contribution in [2.24, 2.45) is 0 Å². The quantitative estimate of drug-likeness (QED) is 0.324. The van der Waals surface area contributed by atoms with E-state index < -0.39 is 0 Å². The Morgan fingerprint density at radius 2 is 1.71 bits per heavy atom. The minimum Gasteiger partial charge on any atom is -0.362 e. The Morgan fingerprint density at radius 3 is 2.29 bits per heavy atom. The lowest BCUT2D eigenvalue weighted by molar-refractivity contribution is -0.108. The summed E-state index contributed by atoms with van der Waals surface area (Å²) in [5, 5.41) is 0. The van der Waals surface area contributed by atoms with Crippen molar-refractivity contribution in [3.63, 3.8) is 0 Å². The van der Waals surface area contributed by atoms with Crippen LogP contribution in [0.5, 0.6) is 0 Å². The van der Waals surface area contributed by atoms with Crippen LogP contribution in [0.4, 0.5) is 0 Å². The fourth-order valence-corrected chi connectivity index (χ4v) is 1.81. The second-order valence-corrected chi connectivity index (χ2v) is 4.19. The summed E-state index contributed by atoms with van der Waals surface area (Å²) in [6, 6.07) is 0. The van der Waals surface area contributed by atoms with E-state index in [1.165, 1.54) is 44.9 Å². The van der Waals surface area contributed by atoms with Gasteiger partial charge in [0.2, 0.25) is 0 Å². The molecule has 0 amide bonds. The van der Waals surface area contributed by atoms with Gasteiger partial charge >= 0.3 is 0 Å². The molecular weight excluding hydrogens is 176 g/mol. The van der Waals surface area contributed by atoms with Crippen molar-refractivity contribution in [2.75, 3.05) is 0 Å². The van der Waals surface area contributed by atoms with Gasteiger partial charge in [-0.05, 0) is 6.42 Å². The van der Waals surface area contributed by atoms with Gasteiger partial charge in [-0.25, -0.2) is 0 Å². The summed E-state index contributed by atoms with van der Waals surface area (Å²) in [6.07, 6.45) is 11.5. The largest absolute Gasteiger partial charge is 0.362 e. The second kappa shape index (κ2) is 6.99. The number of carbonyl (C=O) groups is 1. The molecule has 1 aliphatic rings. The third-order valence-corrected chi connectivity index (χ3v) is 2.85. The Morgan fingerprint density at radius 1 is 1.07 bits per heavy atom. The summed E-state index contributed by atoms with van der Waals surface area (Å²) in [5.74, 6) is 0. The van der Waals surface area contributed by atoms with Crippen LogP contribution in [-0.2, 0) is 9.53 Å². The number of epoxide rings is 1. The van der Waals surface area contributed by atoms with Crippen molar-refractivity contribution in [3.05, 3.63) is 0 Å². The van der Waals surface area contributed by atoms with Crippen molar-refractivity contribution in [1.82, 2.24) is 0 Å². The third-order valence-electron chi connectivity index (χ3n) is 2.85. The zero-order valence-corrected chi connectivity index (χ0v) is 9.21. The van der Waals surface area contributed by atoms with Crippen LogP contribution in [0.15, 0.2) is 0 Å². The van der Waals surface area contributed by atoms with Crippen LogP contribution in [0.1, 0.15) is 58.3 Å². The van der Waals surface area contributed by atoms with Crippen molar-refractivity contribution in [1.29, 1.82) is 0 Å². The SMILES string of the molecule is CCCCCCCCC[C@H]1O[C@@H]1C=O. The van der Waals surface area contributed by atoms with E-state index in [4.69, 9.17) is 4.74 Å². The summed E-state index contributed by atoms with van der Waals surface area (Å²) in [6.45, 7) is 2.24. The molecule has 0 aromatic heterocycles. The van der Waals surface area contributed by atoms with E-state index in [0.717, 1.165) is 12.7 Å². The lowest BCUT2D eigenvalue weighted by Gasteiger charge is -1.99. The minimum absolute atomic E-state index is 0.0601. The van der Waals surface area contributed by atoms with Crippen LogP contribution in [0.3, 0.4) is 0 Å². The van der Waals surface area contributed by atoms with Crippen molar-refractivity contribution in [3.8, 4) is 0 Å². The van der Waals surface area contributed by atoms with E-state index in [2.05, 4.69) is 6.92 Å². The van der Waals surface area contributed by atoms with E-state index in [9.17, 15) is 4.79 Å². The molecule has 14 heavy (non-hydrogen) atoms. The molecule has 0 saturated carbocycles. The second-order valence-electron chi connectivity index (χ2n) is 4.19. The summed E-state index contributed by atoms with van der Waals surface area (Å²) in [4.78, 5) is 10.3. The number of hydrogen-bond donors (Lipinski definition) is 0. The van der Waals surface area contributed by atoms with E-state index in [-0.39, 0.29) is 12.2 Å². The van der Waals surface area contributed by atoms with Gasteiger partial charge in [0.1, 0.15) is 6.10 Å². The van der Waals surface area contributed by atoms with Gasteiger partial charge in [0.15, 0.2) is 6.29 Å². The maximum absolute atomic E-state index is 10.3. The fourth-order valence-electron chi connectivity index (χ4n) is 1.81. The van der Waals surface area contributed by atoms with Crippen LogP contribution < -0.4 is 0 Å². The highest BCUT2D eigenvalue weighted by molar-refractivity contribution is 5.60. The molecular formula is C12H22O2. The Bertz CT molecular complexity index is 156. The Kier molecular flexibility index (Phi) is 5.85. The monoisotopic (exact) mass is 198 g/mol. The maximum Gasteiger partial charge on any atom is 0.151 e. The van der Waals surface area contributed by atoms with Crippen molar-refractivity contribution >= 4 is 6.29 Å². The van der Waals surface area contributed by atoms with Crippen LogP contribution in [-0.4, -0.2) is 18.5 Å². The fraction of sp³-hybridized carbons (Fsp3) is 0.917. The highest BCUT2D eigenvalue weighted by atomic mass is 16.6. The lowest BCUT2D eigenvalue weighted by Crippen LogP contribution is -1.94. The first-order valence-corrected chi connectivity index (χ1v) is 5.99. The molecule has 0 aliphatic carbocycles. The number of carbonyl (C=O) groups excluding carboxylic acids is 1. The first kappa shape index (κ1) is 11.7. The number of hydrogen-bond acceptors (Lipinski definition) is 2. The number of rotatable bonds is 9. The molecule has 0 aromatic rings. The predicted molar refractivity (Wildman–Crippen MR) is 57.3 cm³/mol. The van der Waals surface area contributed by atoms with Crippen LogP contribution in [0.2, 0.25) is 0 Å². The summed E-state index contributed by atoms with van der Waals surface area (Å²) in [7, 11) is 0. The first-order valence-electron chi connectivity index (χ1n) is 5.99. The van der Waals surface area contributed by atoms with Gasteiger partial charge in [0.25, 0.3) is 0 Å². The van der Waals surface area contributed by atoms with Crippen LogP contribution in [0, 0.1) is 0 Å². The predicted octanol–water partition coefficient (Wildman–Crippen LogP) is 3.09. The molecule has 1 fully saturated rings. The van der Waals surface area contributed by atoms with Crippen LogP contribution >= 0.6 is 0 Å². The summed E-state index contributed by atoms with van der Waals surface area (Å²) < 4.78 is 5.14. The number of aldehydes is 1. The summed E-state index contributed by atoms with van der Waals surface area (Å²) in [5.41, 5.74) is 0. The first-order chi connectivity index (χ1) is 6.88.